The van der Waals surface area contributed by atoms with Crippen molar-refractivity contribution in [3.8, 4) is 0 Å². The van der Waals surface area contributed by atoms with Crippen LogP contribution >= 0.6 is 11.6 Å². The molecular formula is C15H12ClFN2O2. The van der Waals surface area contributed by atoms with E-state index in [-0.39, 0.29) is 12.2 Å². The average Bonchev–Trinajstić information content (AvgIpc) is 2.47. The number of nitrogens with one attached hydrogen (secondary N) is 2. The summed E-state index contributed by atoms with van der Waals surface area (Å²) in [6.45, 7) is 0.157. The van der Waals surface area contributed by atoms with Crippen molar-refractivity contribution in [1.29, 1.82) is 0 Å². The van der Waals surface area contributed by atoms with E-state index >= 15 is 0 Å². The Morgan fingerprint density at radius 3 is 2.52 bits per heavy atom. The third kappa shape index (κ3) is 4.29. The smallest absolute Gasteiger partial charge is 0.313 e. The molecule has 0 bridgehead atoms. The van der Waals surface area contributed by atoms with Crippen molar-refractivity contribution in [1.82, 2.24) is 5.32 Å². The largest absolute Gasteiger partial charge is 0.344 e. The van der Waals surface area contributed by atoms with Gasteiger partial charge in [0.05, 0.1) is 5.69 Å². The van der Waals surface area contributed by atoms with Gasteiger partial charge in [-0.25, -0.2) is 4.39 Å². The zero-order chi connectivity index (χ0) is 15.2. The maximum atomic E-state index is 13.3. The maximum Gasteiger partial charge on any atom is 0.313 e. The molecule has 0 saturated carbocycles. The van der Waals surface area contributed by atoms with E-state index in [4.69, 9.17) is 11.6 Å². The van der Waals surface area contributed by atoms with Gasteiger partial charge < -0.3 is 10.6 Å². The van der Waals surface area contributed by atoms with Crippen molar-refractivity contribution >= 4 is 29.1 Å². The van der Waals surface area contributed by atoms with E-state index in [1.165, 1.54) is 18.2 Å². The van der Waals surface area contributed by atoms with Crippen molar-refractivity contribution in [2.45, 2.75) is 6.54 Å². The number of carbonyl (C=O) groups is 2. The summed E-state index contributed by atoms with van der Waals surface area (Å²) in [4.78, 5) is 23.3. The maximum absolute atomic E-state index is 13.3. The van der Waals surface area contributed by atoms with Gasteiger partial charge in [-0.3, -0.25) is 9.59 Å². The lowest BCUT2D eigenvalue weighted by Crippen LogP contribution is -2.35. The molecule has 2 aromatic carbocycles. The van der Waals surface area contributed by atoms with Gasteiger partial charge in [0.25, 0.3) is 0 Å². The Labute approximate surface area is 125 Å². The van der Waals surface area contributed by atoms with Crippen molar-refractivity contribution in [2.24, 2.45) is 0 Å². The van der Waals surface area contributed by atoms with Crippen LogP contribution in [-0.2, 0) is 16.1 Å². The molecule has 2 rings (SSSR count). The third-order valence-corrected chi connectivity index (χ3v) is 2.91. The minimum Gasteiger partial charge on any atom is -0.344 e. The zero-order valence-corrected chi connectivity index (χ0v) is 11.7. The molecule has 21 heavy (non-hydrogen) atoms. The van der Waals surface area contributed by atoms with E-state index < -0.39 is 17.6 Å². The van der Waals surface area contributed by atoms with Crippen LogP contribution in [0.5, 0.6) is 0 Å². The van der Waals surface area contributed by atoms with Crippen LogP contribution in [0.1, 0.15) is 5.56 Å². The highest BCUT2D eigenvalue weighted by atomic mass is 35.5. The van der Waals surface area contributed by atoms with E-state index in [2.05, 4.69) is 10.6 Å². The van der Waals surface area contributed by atoms with E-state index in [1.54, 1.807) is 30.3 Å². The van der Waals surface area contributed by atoms with Gasteiger partial charge in [-0.15, -0.1) is 0 Å². The predicted molar refractivity (Wildman–Crippen MR) is 78.3 cm³/mol. The quantitative estimate of drug-likeness (QED) is 0.857. The Morgan fingerprint density at radius 2 is 1.81 bits per heavy atom. The summed E-state index contributed by atoms with van der Waals surface area (Å²) >= 11 is 5.81. The summed E-state index contributed by atoms with van der Waals surface area (Å²) < 4.78 is 13.3. The van der Waals surface area contributed by atoms with Crippen LogP contribution in [-0.4, -0.2) is 11.8 Å². The highest BCUT2D eigenvalue weighted by Crippen LogP contribution is 2.12. The van der Waals surface area contributed by atoms with Gasteiger partial charge in [0.2, 0.25) is 0 Å². The lowest BCUT2D eigenvalue weighted by atomic mass is 10.2. The number of halogens is 2. The summed E-state index contributed by atoms with van der Waals surface area (Å²) in [6.07, 6.45) is 0. The monoisotopic (exact) mass is 306 g/mol. The van der Waals surface area contributed by atoms with Crippen LogP contribution in [0, 0.1) is 5.82 Å². The number of benzene rings is 2. The molecule has 0 unspecified atom stereocenters. The van der Waals surface area contributed by atoms with Gasteiger partial charge in [0, 0.05) is 11.6 Å². The lowest BCUT2D eigenvalue weighted by Gasteiger charge is -2.07. The Hall–Kier alpha value is -2.40. The van der Waals surface area contributed by atoms with Crippen LogP contribution in [0.3, 0.4) is 0 Å². The molecule has 0 aromatic heterocycles. The van der Waals surface area contributed by atoms with Crippen LogP contribution in [0.4, 0.5) is 10.1 Å². The molecule has 0 fully saturated rings. The van der Waals surface area contributed by atoms with E-state index in [0.29, 0.717) is 5.02 Å². The van der Waals surface area contributed by atoms with Crippen LogP contribution in [0.15, 0.2) is 48.5 Å². The second-order valence-electron chi connectivity index (χ2n) is 4.25. The highest BCUT2D eigenvalue weighted by molar-refractivity contribution is 6.39. The Bertz CT molecular complexity index is 676. The number of para-hydroxylation sites is 1. The number of hydrogen-bond donors (Lipinski definition) is 2. The van der Waals surface area contributed by atoms with E-state index in [0.717, 1.165) is 5.56 Å². The second-order valence-corrected chi connectivity index (χ2v) is 4.68. The molecule has 108 valence electrons. The van der Waals surface area contributed by atoms with Gasteiger partial charge in [0.1, 0.15) is 5.82 Å². The van der Waals surface area contributed by atoms with Crippen LogP contribution in [0.2, 0.25) is 5.02 Å². The highest BCUT2D eigenvalue weighted by Gasteiger charge is 2.14. The normalized spacial score (nSPS) is 10.0. The fourth-order valence-electron chi connectivity index (χ4n) is 1.65. The lowest BCUT2D eigenvalue weighted by molar-refractivity contribution is -0.136. The Balaban J connectivity index is 1.91. The molecule has 4 nitrogen and oxygen atoms in total. The molecule has 0 aliphatic heterocycles. The van der Waals surface area contributed by atoms with E-state index in [1.807, 2.05) is 0 Å². The number of carbonyl (C=O) groups excluding carboxylic acids is 2. The molecule has 2 N–H and O–H groups in total. The first-order valence-corrected chi connectivity index (χ1v) is 6.52. The number of anilines is 1. The van der Waals surface area contributed by atoms with Crippen molar-refractivity contribution < 1.29 is 14.0 Å². The van der Waals surface area contributed by atoms with Gasteiger partial charge in [-0.2, -0.15) is 0 Å². The summed E-state index contributed by atoms with van der Waals surface area (Å²) in [5, 5.41) is 5.18. The predicted octanol–water partition coefficient (Wildman–Crippen LogP) is 2.73. The minimum absolute atomic E-state index is 0.0413. The SMILES string of the molecule is O=C(NCc1cccc(Cl)c1)C(=O)Nc1ccccc1F. The number of amides is 2. The number of hydrogen-bond acceptors (Lipinski definition) is 2. The second kappa shape index (κ2) is 6.85. The van der Waals surface area contributed by atoms with Crippen molar-refractivity contribution in [2.75, 3.05) is 5.32 Å². The van der Waals surface area contributed by atoms with Crippen LogP contribution in [0.25, 0.3) is 0 Å². The summed E-state index contributed by atoms with van der Waals surface area (Å²) in [5.74, 6) is -2.38. The summed E-state index contributed by atoms with van der Waals surface area (Å²) in [6, 6.07) is 12.5. The number of rotatable bonds is 3. The van der Waals surface area contributed by atoms with Crippen molar-refractivity contribution in [3.63, 3.8) is 0 Å². The molecule has 0 heterocycles. The van der Waals surface area contributed by atoms with Gasteiger partial charge in [0.15, 0.2) is 0 Å². The van der Waals surface area contributed by atoms with Gasteiger partial charge >= 0.3 is 11.8 Å². The Morgan fingerprint density at radius 1 is 1.05 bits per heavy atom. The molecule has 0 atom stereocenters. The van der Waals surface area contributed by atoms with Gasteiger partial charge in [-0.1, -0.05) is 35.9 Å². The standard InChI is InChI=1S/C15H12ClFN2O2/c16-11-5-3-4-10(8-11)9-18-14(20)15(21)19-13-7-2-1-6-12(13)17/h1-8H,9H2,(H,18,20)(H,19,21). The van der Waals surface area contributed by atoms with E-state index in [9.17, 15) is 14.0 Å². The summed E-state index contributed by atoms with van der Waals surface area (Å²) in [5.41, 5.74) is 0.718. The first-order chi connectivity index (χ1) is 10.1. The average molecular weight is 307 g/mol. The molecule has 0 aliphatic carbocycles. The summed E-state index contributed by atoms with van der Waals surface area (Å²) in [7, 11) is 0. The van der Waals surface area contributed by atoms with Crippen LogP contribution < -0.4 is 10.6 Å². The van der Waals surface area contributed by atoms with Gasteiger partial charge in [-0.05, 0) is 29.8 Å². The molecule has 2 amide bonds. The fraction of sp³-hybridized carbons (Fsp3) is 0.0667. The molecule has 0 aliphatic rings. The topological polar surface area (TPSA) is 58.2 Å². The Kier molecular flexibility index (Phi) is 4.90. The molecule has 2 aromatic rings. The molecular weight excluding hydrogens is 295 g/mol. The third-order valence-electron chi connectivity index (χ3n) is 2.67. The molecule has 0 saturated heterocycles. The first kappa shape index (κ1) is 15.0. The molecule has 6 heteroatoms. The fourth-order valence-corrected chi connectivity index (χ4v) is 1.86. The zero-order valence-electron chi connectivity index (χ0n) is 10.9. The molecule has 0 spiro atoms. The minimum atomic E-state index is -0.929. The first-order valence-electron chi connectivity index (χ1n) is 6.14. The van der Waals surface area contributed by atoms with Crippen molar-refractivity contribution in [3.05, 3.63) is 64.9 Å². The molecule has 0 radical (unpaired) electrons.